The van der Waals surface area contributed by atoms with Gasteiger partial charge in [0.2, 0.25) is 0 Å². The van der Waals surface area contributed by atoms with Crippen molar-refractivity contribution in [3.63, 3.8) is 0 Å². The summed E-state index contributed by atoms with van der Waals surface area (Å²) in [6, 6.07) is 15.0. The number of benzene rings is 2. The SMILES string of the molecule is CCOc1ccc(Cl)c(/C(O)=C2\C(=O)C(=O)N(c3ccccc3)C2c2sccc2C)c1. The molecule has 31 heavy (non-hydrogen) atoms. The highest BCUT2D eigenvalue weighted by Gasteiger charge is 2.48. The van der Waals surface area contributed by atoms with E-state index in [0.717, 1.165) is 10.4 Å². The highest BCUT2D eigenvalue weighted by molar-refractivity contribution is 7.10. The molecule has 1 fully saturated rings. The van der Waals surface area contributed by atoms with Crippen LogP contribution in [0.3, 0.4) is 0 Å². The molecular weight excluding hydrogens is 434 g/mol. The van der Waals surface area contributed by atoms with E-state index in [0.29, 0.717) is 18.0 Å². The molecule has 1 aliphatic heterocycles. The first-order valence-electron chi connectivity index (χ1n) is 9.76. The molecule has 4 rings (SSSR count). The zero-order valence-electron chi connectivity index (χ0n) is 17.0. The fourth-order valence-electron chi connectivity index (χ4n) is 3.69. The molecule has 0 saturated carbocycles. The number of hydrogen-bond donors (Lipinski definition) is 1. The number of para-hydroxylation sites is 1. The fourth-order valence-corrected chi connectivity index (χ4v) is 4.92. The predicted octanol–water partition coefficient (Wildman–Crippen LogP) is 5.73. The summed E-state index contributed by atoms with van der Waals surface area (Å²) in [7, 11) is 0. The van der Waals surface area contributed by atoms with Crippen molar-refractivity contribution in [1.82, 2.24) is 0 Å². The van der Waals surface area contributed by atoms with Gasteiger partial charge in [-0.1, -0.05) is 29.8 Å². The van der Waals surface area contributed by atoms with Crippen LogP contribution in [0.1, 0.15) is 29.0 Å². The van der Waals surface area contributed by atoms with Crippen molar-refractivity contribution in [3.05, 3.63) is 86.6 Å². The van der Waals surface area contributed by atoms with Gasteiger partial charge >= 0.3 is 0 Å². The molecule has 0 aliphatic carbocycles. The second kappa shape index (κ2) is 8.57. The number of Topliss-reactive ketones (excluding diaryl/α,β-unsaturated/α-hetero) is 1. The molecule has 1 N–H and O–H groups in total. The van der Waals surface area contributed by atoms with E-state index in [4.69, 9.17) is 16.3 Å². The largest absolute Gasteiger partial charge is 0.507 e. The molecule has 0 bridgehead atoms. The van der Waals surface area contributed by atoms with Crippen LogP contribution in [0.5, 0.6) is 5.75 Å². The molecule has 1 aromatic heterocycles. The molecule has 3 aromatic rings. The minimum Gasteiger partial charge on any atom is -0.507 e. The average molecular weight is 454 g/mol. The first-order valence-corrected chi connectivity index (χ1v) is 11.0. The molecule has 1 unspecified atom stereocenters. The lowest BCUT2D eigenvalue weighted by atomic mass is 9.98. The van der Waals surface area contributed by atoms with Crippen LogP contribution >= 0.6 is 22.9 Å². The Kier molecular flexibility index (Phi) is 5.85. The van der Waals surface area contributed by atoms with Gasteiger partial charge in [-0.15, -0.1) is 11.3 Å². The van der Waals surface area contributed by atoms with E-state index in [1.807, 2.05) is 31.4 Å². The molecule has 1 saturated heterocycles. The number of aryl methyl sites for hydroxylation is 1. The Hall–Kier alpha value is -3.09. The van der Waals surface area contributed by atoms with Crippen molar-refractivity contribution in [3.8, 4) is 5.75 Å². The van der Waals surface area contributed by atoms with Crippen LogP contribution in [-0.4, -0.2) is 23.4 Å². The number of aliphatic hydroxyl groups is 1. The number of nitrogens with zero attached hydrogens (tertiary/aromatic N) is 1. The minimum atomic E-state index is -0.755. The van der Waals surface area contributed by atoms with E-state index in [-0.39, 0.29) is 21.9 Å². The van der Waals surface area contributed by atoms with Gasteiger partial charge < -0.3 is 9.84 Å². The van der Waals surface area contributed by atoms with Crippen molar-refractivity contribution in [2.45, 2.75) is 19.9 Å². The fraction of sp³-hybridized carbons (Fsp3) is 0.167. The van der Waals surface area contributed by atoms with E-state index in [9.17, 15) is 14.7 Å². The number of carbonyl (C=O) groups is 2. The highest BCUT2D eigenvalue weighted by atomic mass is 35.5. The number of thiophene rings is 1. The predicted molar refractivity (Wildman–Crippen MR) is 123 cm³/mol. The smallest absolute Gasteiger partial charge is 0.300 e. The number of halogens is 1. The molecule has 0 spiro atoms. The standard InChI is InChI=1S/C24H20ClNO4S/c1-3-30-16-9-10-18(25)17(13-16)21(27)19-20(23-14(2)11-12-31-23)26(24(29)22(19)28)15-7-5-4-6-8-15/h4-13,20,27H,3H2,1-2H3/b21-19+. The molecule has 1 amide bonds. The molecule has 1 aliphatic rings. The molecular formula is C24H20ClNO4S. The third-order valence-electron chi connectivity index (χ3n) is 5.13. The summed E-state index contributed by atoms with van der Waals surface area (Å²) >= 11 is 7.79. The maximum atomic E-state index is 13.2. The number of amides is 1. The van der Waals surface area contributed by atoms with Crippen molar-refractivity contribution in [2.24, 2.45) is 0 Å². The molecule has 1 atom stereocenters. The summed E-state index contributed by atoms with van der Waals surface area (Å²) in [5, 5.41) is 13.4. The molecule has 5 nitrogen and oxygen atoms in total. The van der Waals surface area contributed by atoms with Crippen LogP contribution in [0.25, 0.3) is 5.76 Å². The van der Waals surface area contributed by atoms with Crippen molar-refractivity contribution in [2.75, 3.05) is 11.5 Å². The molecule has 0 radical (unpaired) electrons. The lowest BCUT2D eigenvalue weighted by Crippen LogP contribution is -2.29. The van der Waals surface area contributed by atoms with Crippen LogP contribution in [0.15, 0.2) is 65.6 Å². The number of ether oxygens (including phenoxy) is 1. The second-order valence-corrected chi connectivity index (χ2v) is 8.40. The van der Waals surface area contributed by atoms with E-state index in [2.05, 4.69) is 0 Å². The maximum absolute atomic E-state index is 13.2. The monoisotopic (exact) mass is 453 g/mol. The summed E-state index contributed by atoms with van der Waals surface area (Å²) < 4.78 is 5.52. The van der Waals surface area contributed by atoms with Crippen LogP contribution in [-0.2, 0) is 9.59 Å². The Morgan fingerprint density at radius 1 is 1.16 bits per heavy atom. The van der Waals surface area contributed by atoms with E-state index < -0.39 is 17.7 Å². The number of hydrogen-bond acceptors (Lipinski definition) is 5. The van der Waals surface area contributed by atoms with Crippen LogP contribution in [0, 0.1) is 6.92 Å². The summed E-state index contributed by atoms with van der Waals surface area (Å²) in [5.41, 5.74) is 1.77. The van der Waals surface area contributed by atoms with Gasteiger partial charge in [0.15, 0.2) is 0 Å². The van der Waals surface area contributed by atoms with Gasteiger partial charge in [-0.3, -0.25) is 14.5 Å². The lowest BCUT2D eigenvalue weighted by molar-refractivity contribution is -0.132. The second-order valence-electron chi connectivity index (χ2n) is 7.05. The molecule has 2 heterocycles. The summed E-state index contributed by atoms with van der Waals surface area (Å²) in [6.07, 6.45) is 0. The number of carbonyl (C=O) groups excluding carboxylic acids is 2. The van der Waals surface area contributed by atoms with Crippen molar-refractivity contribution < 1.29 is 19.4 Å². The van der Waals surface area contributed by atoms with Crippen LogP contribution < -0.4 is 9.64 Å². The quantitative estimate of drug-likeness (QED) is 0.304. The van der Waals surface area contributed by atoms with Crippen molar-refractivity contribution in [1.29, 1.82) is 0 Å². The Bertz CT molecular complexity index is 1190. The lowest BCUT2D eigenvalue weighted by Gasteiger charge is -2.25. The van der Waals surface area contributed by atoms with Gasteiger partial charge in [0.1, 0.15) is 17.6 Å². The first kappa shape index (κ1) is 21.2. The molecule has 158 valence electrons. The summed E-state index contributed by atoms with van der Waals surface area (Å²) in [4.78, 5) is 28.5. The van der Waals surface area contributed by atoms with Gasteiger partial charge in [-0.2, -0.15) is 0 Å². The third kappa shape index (κ3) is 3.73. The highest BCUT2D eigenvalue weighted by Crippen LogP contribution is 2.45. The van der Waals surface area contributed by atoms with Gasteiger partial charge in [0.25, 0.3) is 11.7 Å². The minimum absolute atomic E-state index is 0.00921. The number of rotatable bonds is 5. The molecule has 7 heteroatoms. The molecule has 2 aromatic carbocycles. The Balaban J connectivity index is 1.95. The van der Waals surface area contributed by atoms with E-state index >= 15 is 0 Å². The number of anilines is 1. The zero-order valence-corrected chi connectivity index (χ0v) is 18.5. The van der Waals surface area contributed by atoms with E-state index in [1.165, 1.54) is 16.2 Å². The summed E-state index contributed by atoms with van der Waals surface area (Å²) in [5.74, 6) is -1.25. The van der Waals surface area contributed by atoms with Gasteiger partial charge in [-0.25, -0.2) is 0 Å². The Morgan fingerprint density at radius 2 is 1.90 bits per heavy atom. The van der Waals surface area contributed by atoms with Gasteiger partial charge in [0, 0.05) is 16.1 Å². The van der Waals surface area contributed by atoms with Crippen LogP contribution in [0.4, 0.5) is 5.69 Å². The third-order valence-corrected chi connectivity index (χ3v) is 6.53. The Labute approximate surface area is 189 Å². The normalized spacial score (nSPS) is 17.9. The summed E-state index contributed by atoms with van der Waals surface area (Å²) in [6.45, 7) is 4.20. The topological polar surface area (TPSA) is 66.8 Å². The van der Waals surface area contributed by atoms with Crippen molar-refractivity contribution >= 4 is 46.1 Å². The first-order chi connectivity index (χ1) is 14.9. The van der Waals surface area contributed by atoms with Gasteiger partial charge in [0.05, 0.1) is 17.2 Å². The maximum Gasteiger partial charge on any atom is 0.300 e. The number of ketones is 1. The number of aliphatic hydroxyl groups excluding tert-OH is 1. The zero-order chi connectivity index (χ0) is 22.1. The Morgan fingerprint density at radius 3 is 2.55 bits per heavy atom. The average Bonchev–Trinajstić information content (AvgIpc) is 3.30. The van der Waals surface area contributed by atoms with Gasteiger partial charge in [-0.05, 0) is 61.2 Å². The van der Waals surface area contributed by atoms with Crippen LogP contribution in [0.2, 0.25) is 5.02 Å². The van der Waals surface area contributed by atoms with E-state index in [1.54, 1.807) is 42.5 Å².